The minimum Gasteiger partial charge on any atom is -0.497 e. The third-order valence-electron chi connectivity index (χ3n) is 3.79. The summed E-state index contributed by atoms with van der Waals surface area (Å²) in [4.78, 5) is 0. The molecule has 1 heterocycles. The molecule has 2 atom stereocenters. The van der Waals surface area contributed by atoms with Crippen molar-refractivity contribution in [3.63, 3.8) is 0 Å². The Morgan fingerprint density at radius 2 is 2.10 bits per heavy atom. The lowest BCUT2D eigenvalue weighted by molar-refractivity contribution is -0.141. The van der Waals surface area contributed by atoms with Crippen molar-refractivity contribution in [3.8, 4) is 5.75 Å². The second kappa shape index (κ2) is 4.77. The van der Waals surface area contributed by atoms with Crippen molar-refractivity contribution in [1.82, 2.24) is 9.78 Å². The van der Waals surface area contributed by atoms with E-state index in [1.807, 2.05) is 18.2 Å². The van der Waals surface area contributed by atoms with Crippen LogP contribution in [0.25, 0.3) is 0 Å². The molecule has 0 amide bonds. The van der Waals surface area contributed by atoms with E-state index >= 15 is 0 Å². The molecule has 2 N–H and O–H groups in total. The first-order valence-corrected chi connectivity index (χ1v) is 6.45. The molecular weight excluding hydrogens is 283 g/mol. The highest BCUT2D eigenvalue weighted by Gasteiger charge is 2.36. The van der Waals surface area contributed by atoms with Gasteiger partial charge in [-0.05, 0) is 35.7 Å². The van der Waals surface area contributed by atoms with E-state index < -0.39 is 17.9 Å². The van der Waals surface area contributed by atoms with Gasteiger partial charge < -0.3 is 10.5 Å². The number of ether oxygens (including phenoxy) is 1. The number of rotatable bonds is 2. The van der Waals surface area contributed by atoms with E-state index in [9.17, 15) is 13.2 Å². The van der Waals surface area contributed by atoms with Gasteiger partial charge in [0, 0.05) is 6.20 Å². The van der Waals surface area contributed by atoms with E-state index in [2.05, 4.69) is 5.10 Å². The summed E-state index contributed by atoms with van der Waals surface area (Å²) in [5.74, 6) is 0.682. The second-order valence-electron chi connectivity index (χ2n) is 5.04. The largest absolute Gasteiger partial charge is 0.497 e. The minimum atomic E-state index is -4.44. The molecule has 1 aliphatic carbocycles. The maximum Gasteiger partial charge on any atom is 0.435 e. The SMILES string of the molecule is COc1ccc2c(c1)C(N)C(n1ccc(C(F)(F)F)n1)C2. The lowest BCUT2D eigenvalue weighted by atomic mass is 10.1. The Hall–Kier alpha value is -2.02. The summed E-state index contributed by atoms with van der Waals surface area (Å²) in [6.45, 7) is 0. The van der Waals surface area contributed by atoms with Crippen LogP contribution in [0.5, 0.6) is 5.75 Å². The Balaban J connectivity index is 1.91. The van der Waals surface area contributed by atoms with Crippen molar-refractivity contribution in [3.05, 3.63) is 47.3 Å². The molecule has 1 aromatic carbocycles. The van der Waals surface area contributed by atoms with Crippen molar-refractivity contribution in [1.29, 1.82) is 0 Å². The normalized spacial score (nSPS) is 21.4. The molecule has 21 heavy (non-hydrogen) atoms. The minimum absolute atomic E-state index is 0.316. The van der Waals surface area contributed by atoms with Gasteiger partial charge >= 0.3 is 6.18 Å². The number of nitrogens with zero attached hydrogens (tertiary/aromatic N) is 2. The predicted molar refractivity (Wildman–Crippen MR) is 69.9 cm³/mol. The predicted octanol–water partition coefficient (Wildman–Crippen LogP) is 2.71. The van der Waals surface area contributed by atoms with Gasteiger partial charge in [-0.1, -0.05) is 6.07 Å². The monoisotopic (exact) mass is 297 g/mol. The molecule has 0 radical (unpaired) electrons. The molecule has 7 heteroatoms. The fourth-order valence-electron chi connectivity index (χ4n) is 2.69. The number of benzene rings is 1. The van der Waals surface area contributed by atoms with Crippen LogP contribution < -0.4 is 10.5 Å². The van der Waals surface area contributed by atoms with Crippen LogP contribution in [0.15, 0.2) is 30.5 Å². The maximum absolute atomic E-state index is 12.6. The molecule has 0 spiro atoms. The van der Waals surface area contributed by atoms with E-state index in [0.29, 0.717) is 12.2 Å². The standard InChI is InChI=1S/C14H14F3N3O/c1-21-9-3-2-8-6-11(13(18)10(8)7-9)20-5-4-12(19-20)14(15,16)17/h2-5,7,11,13H,6,18H2,1H3. The van der Waals surface area contributed by atoms with Gasteiger partial charge in [0.1, 0.15) is 5.75 Å². The number of hydrogen-bond donors (Lipinski definition) is 1. The first kappa shape index (κ1) is 13.9. The lowest BCUT2D eigenvalue weighted by Crippen LogP contribution is -2.22. The molecule has 0 fully saturated rings. The molecule has 2 unspecified atom stereocenters. The zero-order valence-electron chi connectivity index (χ0n) is 11.3. The van der Waals surface area contributed by atoms with Crippen LogP contribution in [0, 0.1) is 0 Å². The van der Waals surface area contributed by atoms with E-state index in [1.165, 1.54) is 10.9 Å². The number of nitrogens with two attached hydrogens (primary N) is 1. The molecule has 0 saturated heterocycles. The van der Waals surface area contributed by atoms with Crippen LogP contribution in [0.2, 0.25) is 0 Å². The van der Waals surface area contributed by atoms with E-state index in [0.717, 1.165) is 17.2 Å². The lowest BCUT2D eigenvalue weighted by Gasteiger charge is -2.16. The summed E-state index contributed by atoms with van der Waals surface area (Å²) < 4.78 is 44.3. The fourth-order valence-corrected chi connectivity index (χ4v) is 2.69. The van der Waals surface area contributed by atoms with Crippen LogP contribution >= 0.6 is 0 Å². The topological polar surface area (TPSA) is 53.1 Å². The quantitative estimate of drug-likeness (QED) is 0.927. The third-order valence-corrected chi connectivity index (χ3v) is 3.79. The number of halogens is 3. The zero-order chi connectivity index (χ0) is 15.2. The number of fused-ring (bicyclic) bond motifs is 1. The summed E-state index contributed by atoms with van der Waals surface area (Å²) in [5.41, 5.74) is 7.17. The highest BCUT2D eigenvalue weighted by molar-refractivity contribution is 5.42. The molecule has 1 aliphatic rings. The van der Waals surface area contributed by atoms with Crippen molar-refractivity contribution in [2.45, 2.75) is 24.7 Å². The zero-order valence-corrected chi connectivity index (χ0v) is 11.3. The van der Waals surface area contributed by atoms with Gasteiger partial charge in [-0.15, -0.1) is 0 Å². The van der Waals surface area contributed by atoms with Gasteiger partial charge in [-0.3, -0.25) is 4.68 Å². The summed E-state index contributed by atoms with van der Waals surface area (Å²) in [5, 5.41) is 3.62. The van der Waals surface area contributed by atoms with Crippen LogP contribution in [-0.4, -0.2) is 16.9 Å². The highest BCUT2D eigenvalue weighted by Crippen LogP contribution is 2.39. The summed E-state index contributed by atoms with van der Waals surface area (Å²) >= 11 is 0. The van der Waals surface area contributed by atoms with Gasteiger partial charge in [-0.2, -0.15) is 18.3 Å². The molecular formula is C14H14F3N3O. The summed E-state index contributed by atoms with van der Waals surface area (Å²) in [7, 11) is 1.56. The smallest absolute Gasteiger partial charge is 0.435 e. The molecule has 0 bridgehead atoms. The van der Waals surface area contributed by atoms with Gasteiger partial charge in [0.25, 0.3) is 0 Å². The fraction of sp³-hybridized carbons (Fsp3) is 0.357. The van der Waals surface area contributed by atoms with E-state index in [1.54, 1.807) is 7.11 Å². The molecule has 0 aliphatic heterocycles. The molecule has 4 nitrogen and oxygen atoms in total. The second-order valence-corrected chi connectivity index (χ2v) is 5.04. The van der Waals surface area contributed by atoms with E-state index in [4.69, 9.17) is 10.5 Å². The average Bonchev–Trinajstić information content (AvgIpc) is 3.03. The molecule has 3 rings (SSSR count). The molecule has 1 aromatic heterocycles. The van der Waals surface area contributed by atoms with Crippen molar-refractivity contribution >= 4 is 0 Å². The number of alkyl halides is 3. The average molecular weight is 297 g/mol. The first-order valence-electron chi connectivity index (χ1n) is 6.45. The molecule has 0 saturated carbocycles. The number of methoxy groups -OCH3 is 1. The highest BCUT2D eigenvalue weighted by atomic mass is 19.4. The Morgan fingerprint density at radius 3 is 2.71 bits per heavy atom. The van der Waals surface area contributed by atoms with Crippen LogP contribution in [-0.2, 0) is 12.6 Å². The van der Waals surface area contributed by atoms with Crippen LogP contribution in [0.3, 0.4) is 0 Å². The molecule has 112 valence electrons. The third kappa shape index (κ3) is 2.37. The summed E-state index contributed by atoms with van der Waals surface area (Å²) in [6, 6.07) is 5.78. The summed E-state index contributed by atoms with van der Waals surface area (Å²) in [6.07, 6.45) is -2.56. The van der Waals surface area contributed by atoms with Gasteiger partial charge in [0.2, 0.25) is 0 Å². The Morgan fingerprint density at radius 1 is 1.33 bits per heavy atom. The first-order chi connectivity index (χ1) is 9.90. The van der Waals surface area contributed by atoms with Crippen molar-refractivity contribution in [2.24, 2.45) is 5.73 Å². The van der Waals surface area contributed by atoms with Gasteiger partial charge in [-0.25, -0.2) is 0 Å². The van der Waals surface area contributed by atoms with Crippen LogP contribution in [0.4, 0.5) is 13.2 Å². The number of hydrogen-bond acceptors (Lipinski definition) is 3. The molecule has 2 aromatic rings. The Bertz CT molecular complexity index is 666. The Kier molecular flexibility index (Phi) is 3.16. The van der Waals surface area contributed by atoms with Crippen molar-refractivity contribution < 1.29 is 17.9 Å². The van der Waals surface area contributed by atoms with Crippen LogP contribution in [0.1, 0.15) is 28.9 Å². The van der Waals surface area contributed by atoms with Gasteiger partial charge in [0.05, 0.1) is 19.2 Å². The maximum atomic E-state index is 12.6. The van der Waals surface area contributed by atoms with Gasteiger partial charge in [0.15, 0.2) is 5.69 Å². The Labute approximate surface area is 119 Å². The van der Waals surface area contributed by atoms with Crippen molar-refractivity contribution in [2.75, 3.05) is 7.11 Å². The van der Waals surface area contributed by atoms with E-state index in [-0.39, 0.29) is 6.04 Å². The number of aromatic nitrogens is 2.